The highest BCUT2D eigenvalue weighted by Crippen LogP contribution is 2.23. The van der Waals surface area contributed by atoms with Gasteiger partial charge in [0.05, 0.1) is 13.2 Å². The van der Waals surface area contributed by atoms with Crippen LogP contribution in [0.4, 0.5) is 5.82 Å². The predicted molar refractivity (Wildman–Crippen MR) is 69.5 cm³/mol. The fourth-order valence-corrected chi connectivity index (χ4v) is 2.31. The fraction of sp³-hybridized carbons (Fsp3) is 0.462. The van der Waals surface area contributed by atoms with Crippen molar-refractivity contribution in [1.82, 2.24) is 10.3 Å². The predicted octanol–water partition coefficient (Wildman–Crippen LogP) is 0.124. The number of nitrogens with zero attached hydrogens (tertiary/aromatic N) is 2. The first-order valence-electron chi connectivity index (χ1n) is 6.23. The second-order valence-electron chi connectivity index (χ2n) is 4.61. The number of amides is 2. The molecule has 1 aliphatic heterocycles. The molecule has 2 amide bonds. The SMILES string of the molecule is CCC1C(=O)NC(=O)CN1c1ncc(CO)cc1C. The Bertz CT molecular complexity index is 516. The summed E-state index contributed by atoms with van der Waals surface area (Å²) in [6.45, 7) is 3.79. The van der Waals surface area contributed by atoms with E-state index in [1.165, 1.54) is 0 Å². The molecule has 1 saturated heterocycles. The summed E-state index contributed by atoms with van der Waals surface area (Å²) in [5, 5.41) is 11.4. The summed E-state index contributed by atoms with van der Waals surface area (Å²) in [4.78, 5) is 29.3. The molecule has 0 bridgehead atoms. The van der Waals surface area contributed by atoms with Gasteiger partial charge >= 0.3 is 0 Å². The number of anilines is 1. The Balaban J connectivity index is 2.37. The third-order valence-electron chi connectivity index (χ3n) is 3.20. The zero-order valence-corrected chi connectivity index (χ0v) is 11.0. The third kappa shape index (κ3) is 2.58. The van der Waals surface area contributed by atoms with Gasteiger partial charge in [-0.1, -0.05) is 6.92 Å². The van der Waals surface area contributed by atoms with Crippen molar-refractivity contribution < 1.29 is 14.7 Å². The highest BCUT2D eigenvalue weighted by Gasteiger charge is 2.33. The van der Waals surface area contributed by atoms with E-state index in [0.717, 1.165) is 5.56 Å². The van der Waals surface area contributed by atoms with Gasteiger partial charge < -0.3 is 10.0 Å². The molecule has 1 aromatic rings. The minimum Gasteiger partial charge on any atom is -0.392 e. The van der Waals surface area contributed by atoms with Crippen LogP contribution in [-0.2, 0) is 16.2 Å². The molecule has 1 aromatic heterocycles. The molecule has 1 aliphatic rings. The van der Waals surface area contributed by atoms with Gasteiger partial charge in [0, 0.05) is 6.20 Å². The van der Waals surface area contributed by atoms with Crippen LogP contribution in [0.1, 0.15) is 24.5 Å². The lowest BCUT2D eigenvalue weighted by molar-refractivity contribution is -0.132. The van der Waals surface area contributed by atoms with Gasteiger partial charge in [-0.2, -0.15) is 0 Å². The average Bonchev–Trinajstić information content (AvgIpc) is 2.37. The zero-order valence-electron chi connectivity index (χ0n) is 11.0. The van der Waals surface area contributed by atoms with Crippen LogP contribution in [0.2, 0.25) is 0 Å². The number of piperazine rings is 1. The monoisotopic (exact) mass is 263 g/mol. The van der Waals surface area contributed by atoms with Crippen LogP contribution < -0.4 is 10.2 Å². The molecule has 1 unspecified atom stereocenters. The average molecular weight is 263 g/mol. The number of imide groups is 1. The summed E-state index contributed by atoms with van der Waals surface area (Å²) in [6, 6.07) is 1.43. The lowest BCUT2D eigenvalue weighted by Crippen LogP contribution is -2.58. The molecule has 19 heavy (non-hydrogen) atoms. The van der Waals surface area contributed by atoms with E-state index in [1.54, 1.807) is 11.1 Å². The number of pyridine rings is 1. The molecule has 1 fully saturated rings. The Labute approximate surface area is 111 Å². The van der Waals surface area contributed by atoms with E-state index in [2.05, 4.69) is 10.3 Å². The quantitative estimate of drug-likeness (QED) is 0.757. The van der Waals surface area contributed by atoms with E-state index in [4.69, 9.17) is 5.11 Å². The van der Waals surface area contributed by atoms with Crippen molar-refractivity contribution in [3.63, 3.8) is 0 Å². The van der Waals surface area contributed by atoms with E-state index >= 15 is 0 Å². The number of aryl methyl sites for hydroxylation is 1. The van der Waals surface area contributed by atoms with Crippen LogP contribution >= 0.6 is 0 Å². The third-order valence-corrected chi connectivity index (χ3v) is 3.20. The molecular weight excluding hydrogens is 246 g/mol. The highest BCUT2D eigenvalue weighted by atomic mass is 16.3. The van der Waals surface area contributed by atoms with Crippen molar-refractivity contribution in [2.24, 2.45) is 0 Å². The summed E-state index contributed by atoms with van der Waals surface area (Å²) < 4.78 is 0. The molecule has 6 heteroatoms. The number of carbonyl (C=O) groups excluding carboxylic acids is 2. The molecule has 6 nitrogen and oxygen atoms in total. The minimum absolute atomic E-state index is 0.0786. The molecule has 1 atom stereocenters. The Morgan fingerprint density at radius 2 is 2.26 bits per heavy atom. The van der Waals surface area contributed by atoms with Crippen LogP contribution in [-0.4, -0.2) is 34.5 Å². The fourth-order valence-electron chi connectivity index (χ4n) is 2.31. The van der Waals surface area contributed by atoms with Gasteiger partial charge in [0.1, 0.15) is 11.9 Å². The number of aliphatic hydroxyl groups is 1. The van der Waals surface area contributed by atoms with E-state index in [1.807, 2.05) is 19.9 Å². The van der Waals surface area contributed by atoms with Gasteiger partial charge in [0.15, 0.2) is 0 Å². The Morgan fingerprint density at radius 1 is 1.53 bits per heavy atom. The number of aliphatic hydroxyl groups excluding tert-OH is 1. The topological polar surface area (TPSA) is 82.5 Å². The van der Waals surface area contributed by atoms with E-state index in [9.17, 15) is 9.59 Å². The number of hydrogen-bond donors (Lipinski definition) is 2. The number of carbonyl (C=O) groups is 2. The first kappa shape index (κ1) is 13.5. The van der Waals surface area contributed by atoms with Crippen molar-refractivity contribution in [3.8, 4) is 0 Å². The van der Waals surface area contributed by atoms with E-state index in [0.29, 0.717) is 17.8 Å². The first-order valence-corrected chi connectivity index (χ1v) is 6.23. The van der Waals surface area contributed by atoms with Gasteiger partial charge in [-0.25, -0.2) is 4.98 Å². The van der Waals surface area contributed by atoms with Crippen molar-refractivity contribution in [3.05, 3.63) is 23.4 Å². The molecule has 0 spiro atoms. The van der Waals surface area contributed by atoms with Crippen LogP contribution in [0.3, 0.4) is 0 Å². The zero-order chi connectivity index (χ0) is 14.0. The largest absolute Gasteiger partial charge is 0.392 e. The molecule has 2 N–H and O–H groups in total. The first-order chi connectivity index (χ1) is 9.06. The second-order valence-corrected chi connectivity index (χ2v) is 4.61. The minimum atomic E-state index is -0.385. The molecule has 102 valence electrons. The number of aromatic nitrogens is 1. The van der Waals surface area contributed by atoms with Crippen molar-refractivity contribution in [1.29, 1.82) is 0 Å². The maximum Gasteiger partial charge on any atom is 0.249 e. The lowest BCUT2D eigenvalue weighted by atomic mass is 10.1. The van der Waals surface area contributed by atoms with Gasteiger partial charge in [-0.05, 0) is 30.5 Å². The summed E-state index contributed by atoms with van der Waals surface area (Å²) in [6.07, 6.45) is 2.16. The normalized spacial score (nSPS) is 19.5. The van der Waals surface area contributed by atoms with Crippen molar-refractivity contribution in [2.45, 2.75) is 32.9 Å². The molecule has 2 heterocycles. The summed E-state index contributed by atoms with van der Waals surface area (Å²) in [5.74, 6) is 0.0144. The standard InChI is InChI=1S/C13H17N3O3/c1-3-10-13(19)15-11(18)6-16(10)12-8(2)4-9(7-17)5-14-12/h4-5,10,17H,3,6-7H2,1-2H3,(H,15,18,19). The van der Waals surface area contributed by atoms with Crippen molar-refractivity contribution in [2.75, 3.05) is 11.4 Å². The van der Waals surface area contributed by atoms with Gasteiger partial charge in [-0.15, -0.1) is 0 Å². The molecule has 0 saturated carbocycles. The van der Waals surface area contributed by atoms with Crippen LogP contribution in [0.5, 0.6) is 0 Å². The molecule has 0 radical (unpaired) electrons. The number of hydrogen-bond acceptors (Lipinski definition) is 5. The molecule has 0 aromatic carbocycles. The smallest absolute Gasteiger partial charge is 0.249 e. The van der Waals surface area contributed by atoms with Crippen LogP contribution in [0.25, 0.3) is 0 Å². The molecular formula is C13H17N3O3. The van der Waals surface area contributed by atoms with Gasteiger partial charge in [0.2, 0.25) is 11.8 Å². The Morgan fingerprint density at radius 3 is 2.84 bits per heavy atom. The van der Waals surface area contributed by atoms with Crippen LogP contribution in [0.15, 0.2) is 12.3 Å². The van der Waals surface area contributed by atoms with Crippen LogP contribution in [0, 0.1) is 6.92 Å². The molecule has 2 rings (SSSR count). The maximum absolute atomic E-state index is 11.8. The Hall–Kier alpha value is -1.95. The second kappa shape index (κ2) is 5.36. The lowest BCUT2D eigenvalue weighted by Gasteiger charge is -2.35. The summed E-state index contributed by atoms with van der Waals surface area (Å²) in [5.41, 5.74) is 1.55. The van der Waals surface area contributed by atoms with Gasteiger partial charge in [-0.3, -0.25) is 14.9 Å². The van der Waals surface area contributed by atoms with Crippen molar-refractivity contribution >= 4 is 17.6 Å². The number of nitrogens with one attached hydrogen (secondary N) is 1. The molecule has 0 aliphatic carbocycles. The number of rotatable bonds is 3. The van der Waals surface area contributed by atoms with Gasteiger partial charge in [0.25, 0.3) is 0 Å². The maximum atomic E-state index is 11.8. The Kier molecular flexibility index (Phi) is 3.80. The summed E-state index contributed by atoms with van der Waals surface area (Å²) in [7, 11) is 0. The highest BCUT2D eigenvalue weighted by molar-refractivity contribution is 6.04. The summed E-state index contributed by atoms with van der Waals surface area (Å²) >= 11 is 0. The van der Waals surface area contributed by atoms with E-state index in [-0.39, 0.29) is 31.0 Å². The van der Waals surface area contributed by atoms with E-state index < -0.39 is 0 Å².